The zero-order valence-electron chi connectivity index (χ0n) is 12.9. The van der Waals surface area contributed by atoms with Crippen molar-refractivity contribution in [1.29, 1.82) is 0 Å². The van der Waals surface area contributed by atoms with Gasteiger partial charge in [-0.1, -0.05) is 12.1 Å². The fourth-order valence-electron chi connectivity index (χ4n) is 1.84. The molecule has 0 radical (unpaired) electrons. The summed E-state index contributed by atoms with van der Waals surface area (Å²) in [7, 11) is 0. The van der Waals surface area contributed by atoms with Crippen LogP contribution in [0.3, 0.4) is 0 Å². The number of hydrogen-bond donors (Lipinski definition) is 2. The van der Waals surface area contributed by atoms with Crippen molar-refractivity contribution in [1.82, 2.24) is 10.3 Å². The van der Waals surface area contributed by atoms with Crippen LogP contribution in [0, 0.1) is 5.82 Å². The van der Waals surface area contributed by atoms with Crippen LogP contribution in [-0.2, 0) is 11.3 Å². The minimum Gasteiger partial charge on any atom is -0.439 e. The zero-order valence-corrected chi connectivity index (χ0v) is 14.5. The van der Waals surface area contributed by atoms with Gasteiger partial charge in [0.15, 0.2) is 0 Å². The number of carbonyl (C=O) groups is 1. The van der Waals surface area contributed by atoms with Gasteiger partial charge in [0.1, 0.15) is 11.6 Å². The number of aromatic nitrogens is 1. The number of ether oxygens (including phenoxy) is 1. The van der Waals surface area contributed by atoms with Gasteiger partial charge in [0.2, 0.25) is 11.8 Å². The molecule has 0 bridgehead atoms. The molecular weight excluding hydrogens is 356 g/mol. The highest BCUT2D eigenvalue weighted by Gasteiger charge is 2.08. The van der Waals surface area contributed by atoms with Crippen molar-refractivity contribution >= 4 is 30.7 Å². The average molecular weight is 376 g/mol. The number of halogens is 3. The van der Waals surface area contributed by atoms with Crippen LogP contribution in [-0.4, -0.2) is 17.4 Å². The molecule has 0 aliphatic heterocycles. The van der Waals surface area contributed by atoms with Gasteiger partial charge in [-0.3, -0.25) is 4.79 Å². The molecule has 8 heteroatoms. The standard InChI is InChI=1S/C16H18FN3O2.2ClH/c17-13-5-1-6-14(10-13)22-16-12(4-3-9-19-16)11-20-15(21)7-2-8-18;;/h1,3-6,9-10H,2,7-8,11,18H2,(H,20,21);2*1H. The molecule has 0 atom stereocenters. The van der Waals surface area contributed by atoms with Crippen LogP contribution < -0.4 is 15.8 Å². The molecule has 24 heavy (non-hydrogen) atoms. The summed E-state index contributed by atoms with van der Waals surface area (Å²) < 4.78 is 18.8. The van der Waals surface area contributed by atoms with E-state index < -0.39 is 0 Å². The molecule has 0 aliphatic rings. The van der Waals surface area contributed by atoms with Crippen LogP contribution in [0.2, 0.25) is 0 Å². The summed E-state index contributed by atoms with van der Waals surface area (Å²) in [5.41, 5.74) is 6.08. The van der Waals surface area contributed by atoms with Crippen molar-refractivity contribution in [3.05, 3.63) is 54.0 Å². The molecule has 3 N–H and O–H groups in total. The van der Waals surface area contributed by atoms with Crippen molar-refractivity contribution in [2.45, 2.75) is 19.4 Å². The fraction of sp³-hybridized carbons (Fsp3) is 0.250. The van der Waals surface area contributed by atoms with E-state index in [9.17, 15) is 9.18 Å². The molecule has 5 nitrogen and oxygen atoms in total. The van der Waals surface area contributed by atoms with E-state index in [1.165, 1.54) is 12.1 Å². The SMILES string of the molecule is Cl.Cl.NCCCC(=O)NCc1cccnc1Oc1cccc(F)c1. The first-order valence-electron chi connectivity index (χ1n) is 7.03. The van der Waals surface area contributed by atoms with Gasteiger partial charge in [-0.15, -0.1) is 24.8 Å². The minimum atomic E-state index is -0.384. The lowest BCUT2D eigenvalue weighted by Crippen LogP contribution is -2.23. The topological polar surface area (TPSA) is 77.2 Å². The highest BCUT2D eigenvalue weighted by Crippen LogP contribution is 2.23. The lowest BCUT2D eigenvalue weighted by Gasteiger charge is -2.10. The van der Waals surface area contributed by atoms with Gasteiger partial charge in [0, 0.05) is 30.8 Å². The lowest BCUT2D eigenvalue weighted by atomic mass is 10.2. The highest BCUT2D eigenvalue weighted by molar-refractivity contribution is 5.85. The van der Waals surface area contributed by atoms with E-state index in [1.54, 1.807) is 30.5 Å². The Balaban J connectivity index is 0.00000264. The van der Waals surface area contributed by atoms with Crippen LogP contribution in [0.25, 0.3) is 0 Å². The Bertz CT molecular complexity index is 644. The van der Waals surface area contributed by atoms with Gasteiger partial charge >= 0.3 is 0 Å². The highest BCUT2D eigenvalue weighted by atomic mass is 35.5. The molecule has 0 fully saturated rings. The van der Waals surface area contributed by atoms with Crippen LogP contribution in [0.4, 0.5) is 4.39 Å². The predicted octanol–water partition coefficient (Wildman–Crippen LogP) is 3.21. The lowest BCUT2D eigenvalue weighted by molar-refractivity contribution is -0.121. The summed E-state index contributed by atoms with van der Waals surface area (Å²) in [6, 6.07) is 9.36. The molecule has 2 rings (SSSR count). The number of nitrogens with one attached hydrogen (secondary N) is 1. The van der Waals surface area contributed by atoms with Crippen LogP contribution in [0.15, 0.2) is 42.6 Å². The van der Waals surface area contributed by atoms with E-state index in [-0.39, 0.29) is 36.5 Å². The van der Waals surface area contributed by atoms with E-state index in [0.717, 1.165) is 0 Å². The Morgan fingerprint density at radius 2 is 2.04 bits per heavy atom. The second kappa shape index (κ2) is 11.6. The third-order valence-electron chi connectivity index (χ3n) is 2.94. The maximum absolute atomic E-state index is 13.2. The third-order valence-corrected chi connectivity index (χ3v) is 2.94. The van der Waals surface area contributed by atoms with E-state index in [0.29, 0.717) is 43.1 Å². The van der Waals surface area contributed by atoms with E-state index >= 15 is 0 Å². The predicted molar refractivity (Wildman–Crippen MR) is 95.3 cm³/mol. The summed E-state index contributed by atoms with van der Waals surface area (Å²) in [6.07, 6.45) is 2.61. The molecule has 132 valence electrons. The van der Waals surface area contributed by atoms with Gasteiger partial charge in [-0.25, -0.2) is 9.37 Å². The molecule has 1 aromatic carbocycles. The first-order valence-corrected chi connectivity index (χ1v) is 7.03. The Morgan fingerprint density at radius 3 is 2.75 bits per heavy atom. The van der Waals surface area contributed by atoms with Crippen molar-refractivity contribution in [2.75, 3.05) is 6.54 Å². The zero-order chi connectivity index (χ0) is 15.8. The van der Waals surface area contributed by atoms with Crippen LogP contribution in [0.5, 0.6) is 11.6 Å². The van der Waals surface area contributed by atoms with Crippen LogP contribution in [0.1, 0.15) is 18.4 Å². The first kappa shape index (κ1) is 22.1. The number of amides is 1. The molecule has 0 spiro atoms. The Hall–Kier alpha value is -1.89. The van der Waals surface area contributed by atoms with Gasteiger partial charge in [0.25, 0.3) is 0 Å². The van der Waals surface area contributed by atoms with Gasteiger partial charge in [0.05, 0.1) is 0 Å². The number of benzene rings is 1. The number of nitrogens with two attached hydrogens (primary N) is 1. The van der Waals surface area contributed by atoms with Crippen LogP contribution >= 0.6 is 24.8 Å². The molecule has 1 aromatic heterocycles. The second-order valence-corrected chi connectivity index (χ2v) is 4.70. The molecule has 0 aliphatic carbocycles. The van der Waals surface area contributed by atoms with Crippen molar-refractivity contribution < 1.29 is 13.9 Å². The van der Waals surface area contributed by atoms with Gasteiger partial charge < -0.3 is 15.8 Å². The molecular formula is C16H20Cl2FN3O2. The third kappa shape index (κ3) is 7.12. The summed E-state index contributed by atoms with van der Waals surface area (Å²) in [5, 5.41) is 2.78. The number of rotatable bonds is 7. The molecule has 0 saturated heterocycles. The average Bonchev–Trinajstić information content (AvgIpc) is 2.52. The molecule has 1 amide bonds. The summed E-state index contributed by atoms with van der Waals surface area (Å²) >= 11 is 0. The smallest absolute Gasteiger partial charge is 0.224 e. The molecule has 1 heterocycles. The normalized spacial score (nSPS) is 9.42. The monoisotopic (exact) mass is 375 g/mol. The fourth-order valence-corrected chi connectivity index (χ4v) is 1.84. The number of hydrogen-bond acceptors (Lipinski definition) is 4. The first-order chi connectivity index (χ1) is 10.7. The molecule has 0 unspecified atom stereocenters. The second-order valence-electron chi connectivity index (χ2n) is 4.70. The summed E-state index contributed by atoms with van der Waals surface area (Å²) in [4.78, 5) is 15.7. The number of nitrogens with zero attached hydrogens (tertiary/aromatic N) is 1. The Kier molecular flexibility index (Phi) is 10.7. The van der Waals surface area contributed by atoms with Gasteiger partial charge in [-0.05, 0) is 31.2 Å². The van der Waals surface area contributed by atoms with E-state index in [1.807, 2.05) is 0 Å². The van der Waals surface area contributed by atoms with E-state index in [4.69, 9.17) is 10.5 Å². The number of pyridine rings is 1. The minimum absolute atomic E-state index is 0. The maximum atomic E-state index is 13.2. The summed E-state index contributed by atoms with van der Waals surface area (Å²) in [6.45, 7) is 0.774. The maximum Gasteiger partial charge on any atom is 0.224 e. The van der Waals surface area contributed by atoms with Crippen molar-refractivity contribution in [3.8, 4) is 11.6 Å². The molecule has 2 aromatic rings. The number of carbonyl (C=O) groups excluding carboxylic acids is 1. The Morgan fingerprint density at radius 1 is 1.25 bits per heavy atom. The summed E-state index contributed by atoms with van der Waals surface area (Å²) in [5.74, 6) is 0.234. The van der Waals surface area contributed by atoms with Gasteiger partial charge in [-0.2, -0.15) is 0 Å². The largest absolute Gasteiger partial charge is 0.439 e. The van der Waals surface area contributed by atoms with Crippen molar-refractivity contribution in [3.63, 3.8) is 0 Å². The molecule has 0 saturated carbocycles. The van der Waals surface area contributed by atoms with E-state index in [2.05, 4.69) is 10.3 Å². The Labute approximate surface area is 152 Å². The van der Waals surface area contributed by atoms with Crippen molar-refractivity contribution in [2.24, 2.45) is 5.73 Å². The quantitative estimate of drug-likeness (QED) is 0.778.